The lowest BCUT2D eigenvalue weighted by molar-refractivity contribution is 0.0713. The van der Waals surface area contributed by atoms with E-state index in [0.717, 1.165) is 19.6 Å². The molecule has 5 heteroatoms. The van der Waals surface area contributed by atoms with Crippen LogP contribution in [0.1, 0.15) is 22.0 Å². The molecule has 0 unspecified atom stereocenters. The van der Waals surface area contributed by atoms with E-state index in [1.165, 1.54) is 5.56 Å². The Morgan fingerprint density at radius 1 is 1.14 bits per heavy atom. The molecular formula is C17H18N4O. The van der Waals surface area contributed by atoms with Crippen LogP contribution in [-0.2, 0) is 0 Å². The van der Waals surface area contributed by atoms with Gasteiger partial charge in [-0.15, -0.1) is 0 Å². The number of benzene rings is 1. The lowest BCUT2D eigenvalue weighted by Crippen LogP contribution is -2.34. The molecule has 1 aromatic heterocycles. The van der Waals surface area contributed by atoms with Crippen LogP contribution < -0.4 is 5.32 Å². The highest BCUT2D eigenvalue weighted by Gasteiger charge is 2.46. The maximum atomic E-state index is 12.9. The molecule has 22 heavy (non-hydrogen) atoms. The van der Waals surface area contributed by atoms with Gasteiger partial charge in [0.15, 0.2) is 0 Å². The minimum atomic E-state index is 0.0538. The summed E-state index contributed by atoms with van der Waals surface area (Å²) in [7, 11) is 0. The van der Waals surface area contributed by atoms with Gasteiger partial charge < -0.3 is 10.2 Å². The summed E-state index contributed by atoms with van der Waals surface area (Å²) in [5, 5.41) is 11.1. The van der Waals surface area contributed by atoms with Crippen molar-refractivity contribution in [2.45, 2.75) is 6.04 Å². The van der Waals surface area contributed by atoms with E-state index in [9.17, 15) is 4.79 Å². The molecule has 0 spiro atoms. The first-order valence-electron chi connectivity index (χ1n) is 7.68. The Balaban J connectivity index is 1.70. The maximum absolute atomic E-state index is 12.9. The Morgan fingerprint density at radius 3 is 2.77 bits per heavy atom. The topological polar surface area (TPSA) is 58.1 Å². The second-order valence-corrected chi connectivity index (χ2v) is 6.03. The van der Waals surface area contributed by atoms with Crippen LogP contribution in [0.25, 0.3) is 0 Å². The highest BCUT2D eigenvalue weighted by atomic mass is 16.2. The number of likely N-dealkylation sites (tertiary alicyclic amines) is 1. The predicted octanol–water partition coefficient (Wildman–Crippen LogP) is 1.51. The maximum Gasteiger partial charge on any atom is 0.256 e. The quantitative estimate of drug-likeness (QED) is 0.912. The van der Waals surface area contributed by atoms with Gasteiger partial charge in [-0.25, -0.2) is 0 Å². The number of carbonyl (C=O) groups excluding carboxylic acids is 1. The highest BCUT2D eigenvalue weighted by Crippen LogP contribution is 2.43. The van der Waals surface area contributed by atoms with Crippen molar-refractivity contribution >= 4 is 5.91 Å². The first-order chi connectivity index (χ1) is 10.8. The van der Waals surface area contributed by atoms with Gasteiger partial charge in [0.2, 0.25) is 0 Å². The van der Waals surface area contributed by atoms with Crippen LogP contribution in [-0.4, -0.2) is 40.6 Å². The third kappa shape index (κ3) is 2.18. The Kier molecular flexibility index (Phi) is 3.35. The second kappa shape index (κ2) is 5.50. The van der Waals surface area contributed by atoms with Gasteiger partial charge in [0, 0.05) is 25.6 Å². The third-order valence-electron chi connectivity index (χ3n) is 4.80. The molecule has 1 aromatic carbocycles. The largest absolute Gasteiger partial charge is 0.331 e. The van der Waals surface area contributed by atoms with Crippen molar-refractivity contribution in [1.82, 2.24) is 20.4 Å². The number of nitrogens with zero attached hydrogens (tertiary/aromatic N) is 3. The van der Waals surface area contributed by atoms with Gasteiger partial charge in [-0.1, -0.05) is 30.3 Å². The van der Waals surface area contributed by atoms with E-state index < -0.39 is 0 Å². The fourth-order valence-electron chi connectivity index (χ4n) is 3.79. The number of rotatable bonds is 2. The van der Waals surface area contributed by atoms with Crippen LogP contribution in [0.4, 0.5) is 0 Å². The van der Waals surface area contributed by atoms with Crippen LogP contribution in [0.15, 0.2) is 48.8 Å². The molecule has 3 atom stereocenters. The molecule has 2 aliphatic rings. The fourth-order valence-corrected chi connectivity index (χ4v) is 3.79. The second-order valence-electron chi connectivity index (χ2n) is 6.03. The van der Waals surface area contributed by atoms with E-state index in [-0.39, 0.29) is 11.9 Å². The monoisotopic (exact) mass is 294 g/mol. The van der Waals surface area contributed by atoms with E-state index in [1.54, 1.807) is 18.5 Å². The van der Waals surface area contributed by atoms with Gasteiger partial charge in [0.05, 0.1) is 24.0 Å². The smallest absolute Gasteiger partial charge is 0.256 e. The van der Waals surface area contributed by atoms with Crippen LogP contribution >= 0.6 is 0 Å². The Morgan fingerprint density at radius 2 is 2.00 bits per heavy atom. The number of carbonyl (C=O) groups is 1. The fraction of sp³-hybridized carbons (Fsp3) is 0.353. The first-order valence-corrected chi connectivity index (χ1v) is 7.68. The van der Waals surface area contributed by atoms with E-state index in [4.69, 9.17) is 0 Å². The zero-order valence-corrected chi connectivity index (χ0v) is 12.2. The minimum Gasteiger partial charge on any atom is -0.331 e. The Bertz CT molecular complexity index is 661. The average Bonchev–Trinajstić information content (AvgIpc) is 3.16. The predicted molar refractivity (Wildman–Crippen MR) is 82.1 cm³/mol. The number of nitrogens with one attached hydrogen (secondary N) is 1. The van der Waals surface area contributed by atoms with Crippen LogP contribution in [0.3, 0.4) is 0 Å². The molecule has 4 rings (SSSR count). The van der Waals surface area contributed by atoms with Gasteiger partial charge in [-0.3, -0.25) is 4.79 Å². The van der Waals surface area contributed by atoms with Crippen molar-refractivity contribution in [2.75, 3.05) is 19.6 Å². The van der Waals surface area contributed by atoms with E-state index in [2.05, 4.69) is 27.6 Å². The van der Waals surface area contributed by atoms with Gasteiger partial charge in [0.1, 0.15) is 0 Å². The summed E-state index contributed by atoms with van der Waals surface area (Å²) >= 11 is 0. The molecule has 0 saturated carbocycles. The number of aromatic nitrogens is 2. The molecule has 112 valence electrons. The molecule has 0 bridgehead atoms. The van der Waals surface area contributed by atoms with Crippen LogP contribution in [0, 0.1) is 11.8 Å². The summed E-state index contributed by atoms with van der Waals surface area (Å²) in [4.78, 5) is 14.9. The highest BCUT2D eigenvalue weighted by molar-refractivity contribution is 5.94. The van der Waals surface area contributed by atoms with E-state index in [1.807, 2.05) is 23.1 Å². The Labute approximate surface area is 129 Å². The van der Waals surface area contributed by atoms with Crippen LogP contribution in [0.5, 0.6) is 0 Å². The molecule has 2 saturated heterocycles. The lowest BCUT2D eigenvalue weighted by Gasteiger charge is -2.28. The van der Waals surface area contributed by atoms with Crippen molar-refractivity contribution in [3.05, 3.63) is 59.9 Å². The van der Waals surface area contributed by atoms with Crippen molar-refractivity contribution in [3.8, 4) is 0 Å². The number of amides is 1. The van der Waals surface area contributed by atoms with Crippen molar-refractivity contribution in [3.63, 3.8) is 0 Å². The molecule has 5 nitrogen and oxygen atoms in total. The molecule has 2 aliphatic heterocycles. The summed E-state index contributed by atoms with van der Waals surface area (Å²) in [6.45, 7) is 2.77. The number of hydrogen-bond donors (Lipinski definition) is 1. The molecule has 3 heterocycles. The van der Waals surface area contributed by atoms with Gasteiger partial charge in [-0.2, -0.15) is 10.2 Å². The summed E-state index contributed by atoms with van der Waals surface area (Å²) < 4.78 is 0. The van der Waals surface area contributed by atoms with Crippen LogP contribution in [0.2, 0.25) is 0 Å². The zero-order chi connectivity index (χ0) is 14.9. The summed E-state index contributed by atoms with van der Waals surface area (Å²) in [5.41, 5.74) is 1.83. The summed E-state index contributed by atoms with van der Waals surface area (Å²) in [6, 6.07) is 12.2. The zero-order valence-electron chi connectivity index (χ0n) is 12.2. The molecular weight excluding hydrogens is 276 g/mol. The van der Waals surface area contributed by atoms with Crippen molar-refractivity contribution < 1.29 is 4.79 Å². The molecule has 2 fully saturated rings. The molecule has 1 amide bonds. The third-order valence-corrected chi connectivity index (χ3v) is 4.80. The molecule has 2 aromatic rings. The standard InChI is InChI=1S/C17H18N4O/c22-17(13-6-7-19-20-9-13)21-11-14-8-18-10-15(14)16(21)12-4-2-1-3-5-12/h1-7,9,14-16,18H,8,10-11H2/t14-,15-,16-/m0/s1. The van der Waals surface area contributed by atoms with Gasteiger partial charge in [0.25, 0.3) is 5.91 Å². The summed E-state index contributed by atoms with van der Waals surface area (Å²) in [6.07, 6.45) is 3.12. The normalized spacial score (nSPS) is 26.9. The molecule has 1 N–H and O–H groups in total. The van der Waals surface area contributed by atoms with Crippen molar-refractivity contribution in [2.24, 2.45) is 11.8 Å². The molecule has 0 radical (unpaired) electrons. The number of hydrogen-bond acceptors (Lipinski definition) is 4. The summed E-state index contributed by atoms with van der Waals surface area (Å²) in [5.74, 6) is 1.07. The minimum absolute atomic E-state index is 0.0538. The molecule has 0 aliphatic carbocycles. The van der Waals surface area contributed by atoms with E-state index in [0.29, 0.717) is 17.4 Å². The lowest BCUT2D eigenvalue weighted by atomic mass is 9.89. The number of fused-ring (bicyclic) bond motifs is 1. The van der Waals surface area contributed by atoms with E-state index >= 15 is 0 Å². The first kappa shape index (κ1) is 13.4. The SMILES string of the molecule is O=C(c1ccnnc1)N1C[C@@H]2CNC[C@@H]2[C@@H]1c1ccccc1. The van der Waals surface area contributed by atoms with Gasteiger partial charge >= 0.3 is 0 Å². The van der Waals surface area contributed by atoms with Crippen molar-refractivity contribution in [1.29, 1.82) is 0 Å². The van der Waals surface area contributed by atoms with Gasteiger partial charge in [-0.05, 0) is 17.5 Å². The average molecular weight is 294 g/mol. The Hall–Kier alpha value is -2.27.